The number of aryl methyl sites for hydroxylation is 1. The lowest BCUT2D eigenvalue weighted by Crippen LogP contribution is -2.47. The Morgan fingerprint density at radius 1 is 1.09 bits per heavy atom. The maximum atomic E-state index is 12.9. The predicted octanol–water partition coefficient (Wildman–Crippen LogP) is 4.90. The van der Waals surface area contributed by atoms with Crippen molar-refractivity contribution in [1.82, 2.24) is 9.80 Å². The van der Waals surface area contributed by atoms with Gasteiger partial charge in [0.15, 0.2) is 17.3 Å². The molecule has 0 saturated carbocycles. The van der Waals surface area contributed by atoms with Gasteiger partial charge in [0.25, 0.3) is 5.91 Å². The minimum Gasteiger partial charge on any atom is -0.493 e. The molecule has 0 aliphatic carbocycles. The molecule has 1 aromatic carbocycles. The van der Waals surface area contributed by atoms with Crippen molar-refractivity contribution < 1.29 is 18.7 Å². The van der Waals surface area contributed by atoms with Crippen LogP contribution in [0.25, 0.3) is 0 Å². The number of thiophene rings is 1. The van der Waals surface area contributed by atoms with Crippen molar-refractivity contribution in [3.05, 3.63) is 64.4 Å². The summed E-state index contributed by atoms with van der Waals surface area (Å²) in [6.45, 7) is 9.21. The molecule has 34 heavy (non-hydrogen) atoms. The number of hydrogen-bond acceptors (Lipinski definition) is 7. The van der Waals surface area contributed by atoms with Gasteiger partial charge in [0.1, 0.15) is 5.00 Å². The van der Waals surface area contributed by atoms with E-state index in [1.165, 1.54) is 11.1 Å². The van der Waals surface area contributed by atoms with Crippen LogP contribution in [-0.4, -0.2) is 62.7 Å². The van der Waals surface area contributed by atoms with Crippen molar-refractivity contribution in [2.24, 2.45) is 0 Å². The summed E-state index contributed by atoms with van der Waals surface area (Å²) in [4.78, 5) is 19.1. The molecular formula is C26H33N3O4S. The summed E-state index contributed by atoms with van der Waals surface area (Å²) < 4.78 is 16.8. The number of nitrogens with one attached hydrogen (secondary N) is 1. The Labute approximate surface area is 205 Å². The third-order valence-corrected chi connectivity index (χ3v) is 7.58. The molecule has 1 N–H and O–H groups in total. The van der Waals surface area contributed by atoms with Gasteiger partial charge in [-0.15, -0.1) is 11.3 Å². The van der Waals surface area contributed by atoms with E-state index >= 15 is 0 Å². The number of ether oxygens (including phenoxy) is 2. The standard InChI is InChI=1S/C26H33N3O4S/c1-5-18-17-20(26(34-18)27-25(30)22-11-8-16-33-22)23(29-14-12-28(6-2)13-15-29)19-9-7-10-21(31-3)24(19)32-4/h7-11,16-17,23H,5-6,12-15H2,1-4H3,(H,27,30). The van der Waals surface area contributed by atoms with Crippen LogP contribution in [0.15, 0.2) is 47.1 Å². The molecule has 1 amide bonds. The van der Waals surface area contributed by atoms with E-state index in [4.69, 9.17) is 13.9 Å². The van der Waals surface area contributed by atoms with Crippen molar-refractivity contribution >= 4 is 22.2 Å². The van der Waals surface area contributed by atoms with Crippen LogP contribution >= 0.6 is 11.3 Å². The van der Waals surface area contributed by atoms with Gasteiger partial charge < -0.3 is 24.1 Å². The summed E-state index contributed by atoms with van der Waals surface area (Å²) in [7, 11) is 3.34. The largest absolute Gasteiger partial charge is 0.493 e. The van der Waals surface area contributed by atoms with Crippen molar-refractivity contribution in [3.63, 3.8) is 0 Å². The molecule has 1 aliphatic heterocycles. The van der Waals surface area contributed by atoms with Crippen LogP contribution in [-0.2, 0) is 6.42 Å². The zero-order chi connectivity index (χ0) is 24.1. The highest BCUT2D eigenvalue weighted by molar-refractivity contribution is 7.16. The third-order valence-electron chi connectivity index (χ3n) is 6.37. The predicted molar refractivity (Wildman–Crippen MR) is 135 cm³/mol. The fraction of sp³-hybridized carbons (Fsp3) is 0.423. The minimum absolute atomic E-state index is 0.0903. The Morgan fingerprint density at radius 2 is 1.88 bits per heavy atom. The smallest absolute Gasteiger partial charge is 0.291 e. The second-order valence-electron chi connectivity index (χ2n) is 8.24. The molecule has 1 atom stereocenters. The van der Waals surface area contributed by atoms with Crippen LogP contribution in [0.2, 0.25) is 0 Å². The molecule has 7 nitrogen and oxygen atoms in total. The first kappa shape index (κ1) is 24.3. The molecule has 1 saturated heterocycles. The van der Waals surface area contributed by atoms with Gasteiger partial charge in [-0.1, -0.05) is 26.0 Å². The Morgan fingerprint density at radius 3 is 2.50 bits per heavy atom. The molecular weight excluding hydrogens is 450 g/mol. The summed E-state index contributed by atoms with van der Waals surface area (Å²) in [6.07, 6.45) is 2.40. The zero-order valence-electron chi connectivity index (χ0n) is 20.3. The summed E-state index contributed by atoms with van der Waals surface area (Å²) >= 11 is 1.62. The molecule has 1 unspecified atom stereocenters. The average Bonchev–Trinajstić information content (AvgIpc) is 3.55. The Bertz CT molecular complexity index is 1090. The SMILES string of the molecule is CCc1cc(C(c2cccc(OC)c2OC)N2CCN(CC)CC2)c(NC(=O)c2ccco2)s1. The molecule has 1 aliphatic rings. The fourth-order valence-corrected chi connectivity index (χ4v) is 5.56. The number of carbonyl (C=O) groups is 1. The number of carbonyl (C=O) groups excluding carboxylic acids is 1. The van der Waals surface area contributed by atoms with Crippen LogP contribution in [0, 0.1) is 0 Å². The van der Waals surface area contributed by atoms with Gasteiger partial charge in [-0.05, 0) is 37.2 Å². The van der Waals surface area contributed by atoms with Crippen LogP contribution in [0.5, 0.6) is 11.5 Å². The summed E-state index contributed by atoms with van der Waals surface area (Å²) in [5, 5.41) is 3.96. The van der Waals surface area contributed by atoms with Gasteiger partial charge in [0.2, 0.25) is 0 Å². The number of benzene rings is 1. The average molecular weight is 484 g/mol. The van der Waals surface area contributed by atoms with Crippen LogP contribution in [0.3, 0.4) is 0 Å². The van der Waals surface area contributed by atoms with Gasteiger partial charge >= 0.3 is 0 Å². The van der Waals surface area contributed by atoms with Crippen LogP contribution in [0.4, 0.5) is 5.00 Å². The second-order valence-corrected chi connectivity index (χ2v) is 9.37. The highest BCUT2D eigenvalue weighted by Gasteiger charge is 2.32. The highest BCUT2D eigenvalue weighted by atomic mass is 32.1. The number of rotatable bonds is 9. The number of hydrogen-bond donors (Lipinski definition) is 1. The van der Waals surface area contributed by atoms with E-state index in [1.807, 2.05) is 12.1 Å². The minimum atomic E-state index is -0.247. The number of amides is 1. The lowest BCUT2D eigenvalue weighted by molar-refractivity contribution is 0.0995. The number of methoxy groups -OCH3 is 2. The van der Waals surface area contributed by atoms with Crippen molar-refractivity contribution in [3.8, 4) is 11.5 Å². The molecule has 0 radical (unpaired) electrons. The molecule has 3 aromatic rings. The van der Waals surface area contributed by atoms with E-state index in [1.54, 1.807) is 37.7 Å². The van der Waals surface area contributed by atoms with Crippen molar-refractivity contribution in [2.45, 2.75) is 26.3 Å². The van der Waals surface area contributed by atoms with E-state index in [2.05, 4.69) is 41.1 Å². The second kappa shape index (κ2) is 11.1. The Kier molecular flexibility index (Phi) is 7.92. The van der Waals surface area contributed by atoms with Crippen molar-refractivity contribution in [2.75, 3.05) is 52.3 Å². The molecule has 2 aromatic heterocycles. The van der Waals surface area contributed by atoms with Crippen LogP contribution < -0.4 is 14.8 Å². The molecule has 3 heterocycles. The van der Waals surface area contributed by atoms with Gasteiger partial charge in [0, 0.05) is 42.2 Å². The normalized spacial score (nSPS) is 15.8. The van der Waals surface area contributed by atoms with Crippen LogP contribution in [0.1, 0.15) is 46.4 Å². The number of piperazine rings is 1. The first-order valence-corrected chi connectivity index (χ1v) is 12.6. The van der Waals surface area contributed by atoms with E-state index in [-0.39, 0.29) is 11.9 Å². The molecule has 0 bridgehead atoms. The number of anilines is 1. The van der Waals surface area contributed by atoms with Gasteiger partial charge in [-0.3, -0.25) is 9.69 Å². The first-order valence-electron chi connectivity index (χ1n) is 11.7. The van der Waals surface area contributed by atoms with E-state index in [9.17, 15) is 4.79 Å². The van der Waals surface area contributed by atoms with E-state index in [0.717, 1.165) is 61.0 Å². The quantitative estimate of drug-likeness (QED) is 0.467. The topological polar surface area (TPSA) is 67.2 Å². The lowest BCUT2D eigenvalue weighted by Gasteiger charge is -2.39. The van der Waals surface area contributed by atoms with E-state index in [0.29, 0.717) is 11.5 Å². The Balaban J connectivity index is 1.80. The monoisotopic (exact) mass is 483 g/mol. The number of para-hydroxylation sites is 1. The molecule has 0 spiro atoms. The Hall–Kier alpha value is -2.81. The number of furan rings is 1. The summed E-state index contributed by atoms with van der Waals surface area (Å²) in [6, 6.07) is 11.5. The molecule has 182 valence electrons. The van der Waals surface area contributed by atoms with Crippen molar-refractivity contribution in [1.29, 1.82) is 0 Å². The summed E-state index contributed by atoms with van der Waals surface area (Å²) in [5.41, 5.74) is 2.10. The maximum Gasteiger partial charge on any atom is 0.291 e. The lowest BCUT2D eigenvalue weighted by atomic mass is 9.95. The summed E-state index contributed by atoms with van der Waals surface area (Å²) in [5.74, 6) is 1.47. The molecule has 4 rings (SSSR count). The number of nitrogens with zero attached hydrogens (tertiary/aromatic N) is 2. The zero-order valence-corrected chi connectivity index (χ0v) is 21.1. The number of likely N-dealkylation sites (N-methyl/N-ethyl adjacent to an activating group) is 1. The fourth-order valence-electron chi connectivity index (χ4n) is 4.53. The van der Waals surface area contributed by atoms with E-state index < -0.39 is 0 Å². The van der Waals surface area contributed by atoms with Gasteiger partial charge in [0.05, 0.1) is 26.5 Å². The molecule has 8 heteroatoms. The van der Waals surface area contributed by atoms with Gasteiger partial charge in [-0.2, -0.15) is 0 Å². The highest BCUT2D eigenvalue weighted by Crippen LogP contribution is 2.45. The maximum absolute atomic E-state index is 12.9. The molecule has 1 fully saturated rings. The first-order chi connectivity index (χ1) is 16.6. The third kappa shape index (κ3) is 4.99. The van der Waals surface area contributed by atoms with Gasteiger partial charge in [-0.25, -0.2) is 0 Å².